The number of hydrogen-bond acceptors (Lipinski definition) is 4. The number of fused-ring (bicyclic) bond motifs is 1. The summed E-state index contributed by atoms with van der Waals surface area (Å²) in [5.74, 6) is 0.184. The van der Waals surface area contributed by atoms with Gasteiger partial charge in [0, 0.05) is 18.3 Å². The summed E-state index contributed by atoms with van der Waals surface area (Å²) < 4.78 is 5.30. The number of benzene rings is 2. The summed E-state index contributed by atoms with van der Waals surface area (Å²) >= 11 is 0. The molecule has 0 bridgehead atoms. The van der Waals surface area contributed by atoms with Crippen molar-refractivity contribution >= 4 is 28.9 Å². The standard InChI is InChI=1S/C21H25N3O3/c1-14(25)23-16-10-11-20(27-2)19(12-16)24-21(26)13-22-18-9-5-7-15-6-3-4-8-17(15)18/h5,7,9-12,22H,3-4,6,8,13H2,1-2H3,(H,23,25)(H,24,26). The zero-order valence-corrected chi connectivity index (χ0v) is 15.7. The summed E-state index contributed by atoms with van der Waals surface area (Å²) in [7, 11) is 1.54. The molecule has 0 aliphatic heterocycles. The fourth-order valence-corrected chi connectivity index (χ4v) is 3.40. The third-order valence-electron chi connectivity index (χ3n) is 4.63. The molecule has 0 atom stereocenters. The number of methoxy groups -OCH3 is 1. The number of nitrogens with one attached hydrogen (secondary N) is 3. The summed E-state index contributed by atoms with van der Waals surface area (Å²) in [4.78, 5) is 23.7. The van der Waals surface area contributed by atoms with Gasteiger partial charge in [-0.05, 0) is 61.1 Å². The Bertz CT molecular complexity index is 849. The Morgan fingerprint density at radius 3 is 2.63 bits per heavy atom. The molecular weight excluding hydrogens is 342 g/mol. The van der Waals surface area contributed by atoms with Gasteiger partial charge < -0.3 is 20.7 Å². The van der Waals surface area contributed by atoms with Crippen LogP contribution in [0.15, 0.2) is 36.4 Å². The molecular formula is C21H25N3O3. The van der Waals surface area contributed by atoms with Gasteiger partial charge in [0.1, 0.15) is 5.75 Å². The van der Waals surface area contributed by atoms with Crippen LogP contribution in [-0.4, -0.2) is 25.5 Å². The molecule has 1 aliphatic carbocycles. The lowest BCUT2D eigenvalue weighted by Gasteiger charge is -2.20. The Balaban J connectivity index is 1.67. The van der Waals surface area contributed by atoms with E-state index in [1.54, 1.807) is 18.2 Å². The van der Waals surface area contributed by atoms with Crippen LogP contribution in [0, 0.1) is 0 Å². The van der Waals surface area contributed by atoms with Crippen LogP contribution >= 0.6 is 0 Å². The van der Waals surface area contributed by atoms with Crippen LogP contribution in [-0.2, 0) is 22.4 Å². The third kappa shape index (κ3) is 4.78. The second kappa shape index (κ2) is 8.58. The van der Waals surface area contributed by atoms with Gasteiger partial charge >= 0.3 is 0 Å². The van der Waals surface area contributed by atoms with E-state index in [2.05, 4.69) is 22.0 Å². The minimum atomic E-state index is -0.179. The molecule has 0 fully saturated rings. The van der Waals surface area contributed by atoms with E-state index in [4.69, 9.17) is 4.74 Å². The van der Waals surface area contributed by atoms with E-state index in [0.717, 1.165) is 18.5 Å². The van der Waals surface area contributed by atoms with Crippen molar-refractivity contribution in [3.63, 3.8) is 0 Å². The number of hydrogen-bond donors (Lipinski definition) is 3. The van der Waals surface area contributed by atoms with E-state index in [1.165, 1.54) is 38.0 Å². The first-order valence-electron chi connectivity index (χ1n) is 9.17. The zero-order chi connectivity index (χ0) is 19.2. The molecule has 0 saturated carbocycles. The van der Waals surface area contributed by atoms with Crippen LogP contribution < -0.4 is 20.7 Å². The van der Waals surface area contributed by atoms with Crippen molar-refractivity contribution in [1.29, 1.82) is 0 Å². The van der Waals surface area contributed by atoms with E-state index < -0.39 is 0 Å². The van der Waals surface area contributed by atoms with Gasteiger partial charge in [0.2, 0.25) is 11.8 Å². The van der Waals surface area contributed by atoms with Crippen molar-refractivity contribution in [2.75, 3.05) is 29.6 Å². The molecule has 2 aromatic rings. The normalized spacial score (nSPS) is 12.7. The highest BCUT2D eigenvalue weighted by molar-refractivity contribution is 5.97. The Morgan fingerprint density at radius 2 is 1.85 bits per heavy atom. The lowest BCUT2D eigenvalue weighted by molar-refractivity contribution is -0.115. The molecule has 0 saturated heterocycles. The lowest BCUT2D eigenvalue weighted by Crippen LogP contribution is -2.23. The molecule has 0 aromatic heterocycles. The van der Waals surface area contributed by atoms with Crippen molar-refractivity contribution in [3.8, 4) is 5.75 Å². The van der Waals surface area contributed by atoms with Crippen molar-refractivity contribution in [2.24, 2.45) is 0 Å². The minimum absolute atomic E-state index is 0.157. The SMILES string of the molecule is COc1ccc(NC(C)=O)cc1NC(=O)CNc1cccc2c1CCCC2. The fraction of sp³-hybridized carbons (Fsp3) is 0.333. The number of anilines is 3. The van der Waals surface area contributed by atoms with Gasteiger partial charge in [0.15, 0.2) is 0 Å². The van der Waals surface area contributed by atoms with Crippen LogP contribution in [0.2, 0.25) is 0 Å². The summed E-state index contributed by atoms with van der Waals surface area (Å²) in [6.45, 7) is 1.59. The molecule has 2 aromatic carbocycles. The van der Waals surface area contributed by atoms with Gasteiger partial charge in [-0.25, -0.2) is 0 Å². The van der Waals surface area contributed by atoms with E-state index in [9.17, 15) is 9.59 Å². The number of aryl methyl sites for hydroxylation is 1. The highest BCUT2D eigenvalue weighted by atomic mass is 16.5. The molecule has 2 amide bonds. The molecule has 0 unspecified atom stereocenters. The van der Waals surface area contributed by atoms with Crippen molar-refractivity contribution < 1.29 is 14.3 Å². The molecule has 142 valence electrons. The van der Waals surface area contributed by atoms with Gasteiger partial charge in [0.05, 0.1) is 19.3 Å². The smallest absolute Gasteiger partial charge is 0.243 e. The highest BCUT2D eigenvalue weighted by Gasteiger charge is 2.14. The quantitative estimate of drug-likeness (QED) is 0.729. The van der Waals surface area contributed by atoms with E-state index in [-0.39, 0.29) is 18.4 Å². The van der Waals surface area contributed by atoms with Crippen molar-refractivity contribution in [2.45, 2.75) is 32.6 Å². The average Bonchev–Trinajstić information content (AvgIpc) is 2.66. The van der Waals surface area contributed by atoms with E-state index in [1.807, 2.05) is 12.1 Å². The molecule has 6 nitrogen and oxygen atoms in total. The van der Waals surface area contributed by atoms with Crippen LogP contribution in [0.4, 0.5) is 17.1 Å². The zero-order valence-electron chi connectivity index (χ0n) is 15.7. The van der Waals surface area contributed by atoms with Gasteiger partial charge in [-0.15, -0.1) is 0 Å². The summed E-state index contributed by atoms with van der Waals surface area (Å²) in [5.41, 5.74) is 4.84. The molecule has 0 heterocycles. The van der Waals surface area contributed by atoms with Crippen LogP contribution in [0.1, 0.15) is 30.9 Å². The molecule has 1 aliphatic rings. The number of ether oxygens (including phenoxy) is 1. The van der Waals surface area contributed by atoms with Crippen LogP contribution in [0.25, 0.3) is 0 Å². The van der Waals surface area contributed by atoms with E-state index in [0.29, 0.717) is 17.1 Å². The predicted molar refractivity (Wildman–Crippen MR) is 108 cm³/mol. The predicted octanol–water partition coefficient (Wildman–Crippen LogP) is 3.58. The lowest BCUT2D eigenvalue weighted by atomic mass is 9.90. The Morgan fingerprint density at radius 1 is 1.04 bits per heavy atom. The molecule has 3 N–H and O–H groups in total. The van der Waals surface area contributed by atoms with Gasteiger partial charge in [-0.2, -0.15) is 0 Å². The second-order valence-electron chi connectivity index (χ2n) is 6.65. The van der Waals surface area contributed by atoms with Gasteiger partial charge in [-0.3, -0.25) is 9.59 Å². The largest absolute Gasteiger partial charge is 0.495 e. The first-order chi connectivity index (χ1) is 13.1. The minimum Gasteiger partial charge on any atom is -0.495 e. The maximum atomic E-state index is 12.4. The van der Waals surface area contributed by atoms with Gasteiger partial charge in [0.25, 0.3) is 0 Å². The third-order valence-corrected chi connectivity index (χ3v) is 4.63. The van der Waals surface area contributed by atoms with Crippen molar-refractivity contribution in [1.82, 2.24) is 0 Å². The topological polar surface area (TPSA) is 79.5 Å². The number of amides is 2. The maximum Gasteiger partial charge on any atom is 0.243 e. The molecule has 27 heavy (non-hydrogen) atoms. The summed E-state index contributed by atoms with van der Waals surface area (Å²) in [5, 5.41) is 8.80. The number of carbonyl (C=O) groups is 2. The maximum absolute atomic E-state index is 12.4. The monoisotopic (exact) mass is 367 g/mol. The molecule has 0 spiro atoms. The first kappa shape index (κ1) is 18.8. The molecule has 3 rings (SSSR count). The fourth-order valence-electron chi connectivity index (χ4n) is 3.40. The van der Waals surface area contributed by atoms with Crippen molar-refractivity contribution in [3.05, 3.63) is 47.5 Å². The molecule has 6 heteroatoms. The highest BCUT2D eigenvalue weighted by Crippen LogP contribution is 2.29. The van der Waals surface area contributed by atoms with Crippen LogP contribution in [0.3, 0.4) is 0 Å². The molecule has 0 radical (unpaired) electrons. The number of rotatable bonds is 6. The van der Waals surface area contributed by atoms with Crippen LogP contribution in [0.5, 0.6) is 5.75 Å². The average molecular weight is 367 g/mol. The summed E-state index contributed by atoms with van der Waals surface area (Å²) in [6, 6.07) is 11.3. The Hall–Kier alpha value is -3.02. The van der Waals surface area contributed by atoms with E-state index >= 15 is 0 Å². The second-order valence-corrected chi connectivity index (χ2v) is 6.65. The number of carbonyl (C=O) groups excluding carboxylic acids is 2. The first-order valence-corrected chi connectivity index (χ1v) is 9.17. The summed E-state index contributed by atoms with van der Waals surface area (Å²) in [6.07, 6.45) is 4.56. The Labute approximate surface area is 159 Å². The van der Waals surface area contributed by atoms with Gasteiger partial charge in [-0.1, -0.05) is 12.1 Å². The Kier molecular flexibility index (Phi) is 5.96.